The number of aromatic nitrogens is 1. The average molecular weight is 358 g/mol. The molecule has 1 saturated heterocycles. The molecule has 2 heterocycles. The van der Waals surface area contributed by atoms with Crippen molar-refractivity contribution in [2.75, 3.05) is 25.5 Å². The lowest BCUT2D eigenvalue weighted by molar-refractivity contribution is 0.250. The molecule has 1 aromatic carbocycles. The summed E-state index contributed by atoms with van der Waals surface area (Å²) in [6, 6.07) is 4.94. The number of urea groups is 1. The maximum absolute atomic E-state index is 12.4. The molecule has 0 radical (unpaired) electrons. The number of H-pyrrole nitrogens is 1. The van der Waals surface area contributed by atoms with Gasteiger partial charge >= 0.3 is 6.03 Å². The molecule has 1 aliphatic rings. The number of piperidine rings is 1. The Morgan fingerprint density at radius 2 is 1.96 bits per heavy atom. The molecule has 1 aromatic heterocycles. The third-order valence-electron chi connectivity index (χ3n) is 4.85. The highest BCUT2D eigenvalue weighted by atomic mass is 16.3. The van der Waals surface area contributed by atoms with Crippen molar-refractivity contribution in [1.29, 1.82) is 0 Å². The number of aromatic hydroxyl groups is 1. The Hall–Kier alpha value is -2.54. The number of nitrogens with one attached hydrogen (secondary N) is 3. The third-order valence-corrected chi connectivity index (χ3v) is 4.85. The van der Waals surface area contributed by atoms with E-state index in [0.717, 1.165) is 36.9 Å². The van der Waals surface area contributed by atoms with Crippen LogP contribution in [0.2, 0.25) is 0 Å². The van der Waals surface area contributed by atoms with Gasteiger partial charge in [-0.15, -0.1) is 0 Å². The number of aromatic amines is 1. The molecule has 1 fully saturated rings. The van der Waals surface area contributed by atoms with Crippen molar-refractivity contribution >= 4 is 22.5 Å². The second-order valence-electron chi connectivity index (χ2n) is 7.31. The molecule has 7 nitrogen and oxygen atoms in total. The molecule has 4 N–H and O–H groups in total. The molecule has 0 saturated carbocycles. The number of likely N-dealkylation sites (tertiary alicyclic amines) is 1. The standard InChI is InChI=1S/C19H26N4O3/c1-11(2)20-19(26)21-13-4-5-14-15(10-13)17(24)22-18(25)16(14)12-6-8-23(3)9-7-12/h4-5,10-12H,6-9H2,1-3H3,(H2,20,21,26)(H2,22,24,25). The number of fused-ring (bicyclic) bond motifs is 1. The van der Waals surface area contributed by atoms with Crippen molar-refractivity contribution in [2.24, 2.45) is 0 Å². The number of benzene rings is 1. The number of carbonyl (C=O) groups is 1. The molecule has 2 amide bonds. The van der Waals surface area contributed by atoms with Gasteiger partial charge in [0.1, 0.15) is 0 Å². The molecule has 0 bridgehead atoms. The van der Waals surface area contributed by atoms with Gasteiger partial charge in [-0.3, -0.25) is 9.78 Å². The van der Waals surface area contributed by atoms with E-state index in [-0.39, 0.29) is 29.4 Å². The van der Waals surface area contributed by atoms with Crippen molar-refractivity contribution in [3.63, 3.8) is 0 Å². The molecule has 7 heteroatoms. The summed E-state index contributed by atoms with van der Waals surface area (Å²) in [5.74, 6) is 0.156. The topological polar surface area (TPSA) is 97.5 Å². The Labute approximate surface area is 152 Å². The van der Waals surface area contributed by atoms with Gasteiger partial charge in [-0.1, -0.05) is 6.07 Å². The summed E-state index contributed by atoms with van der Waals surface area (Å²) in [4.78, 5) is 29.1. The number of pyridine rings is 1. The molecule has 0 aliphatic carbocycles. The van der Waals surface area contributed by atoms with Crippen LogP contribution in [0.1, 0.15) is 38.2 Å². The zero-order valence-electron chi connectivity index (χ0n) is 15.4. The minimum absolute atomic E-state index is 0.0202. The lowest BCUT2D eigenvalue weighted by Gasteiger charge is -2.30. The van der Waals surface area contributed by atoms with Gasteiger partial charge in [0.15, 0.2) is 5.88 Å². The summed E-state index contributed by atoms with van der Waals surface area (Å²) in [5, 5.41) is 17.1. The van der Waals surface area contributed by atoms with Crippen LogP contribution in [0.3, 0.4) is 0 Å². The van der Waals surface area contributed by atoms with E-state index in [0.29, 0.717) is 11.1 Å². The third kappa shape index (κ3) is 3.83. The zero-order chi connectivity index (χ0) is 18.8. The highest BCUT2D eigenvalue weighted by molar-refractivity contribution is 5.94. The fourth-order valence-corrected chi connectivity index (χ4v) is 3.55. The molecule has 0 unspecified atom stereocenters. The lowest BCUT2D eigenvalue weighted by Crippen LogP contribution is -2.34. The number of hydrogen-bond donors (Lipinski definition) is 4. The first-order valence-electron chi connectivity index (χ1n) is 9.00. The summed E-state index contributed by atoms with van der Waals surface area (Å²) in [7, 11) is 2.08. The van der Waals surface area contributed by atoms with Gasteiger partial charge in [-0.25, -0.2) is 4.79 Å². The first-order chi connectivity index (χ1) is 12.3. The first-order valence-corrected chi connectivity index (χ1v) is 9.00. The van der Waals surface area contributed by atoms with Crippen LogP contribution >= 0.6 is 0 Å². The van der Waals surface area contributed by atoms with E-state index in [4.69, 9.17) is 0 Å². The van der Waals surface area contributed by atoms with Crippen LogP contribution in [0.5, 0.6) is 5.88 Å². The number of anilines is 1. The van der Waals surface area contributed by atoms with Crippen molar-refractivity contribution in [2.45, 2.75) is 38.6 Å². The minimum Gasteiger partial charge on any atom is -0.494 e. The van der Waals surface area contributed by atoms with Gasteiger partial charge in [-0.05, 0) is 70.3 Å². The van der Waals surface area contributed by atoms with Crippen molar-refractivity contribution in [1.82, 2.24) is 15.2 Å². The summed E-state index contributed by atoms with van der Waals surface area (Å²) < 4.78 is 0. The largest absolute Gasteiger partial charge is 0.494 e. The fourth-order valence-electron chi connectivity index (χ4n) is 3.55. The number of nitrogens with zero attached hydrogens (tertiary/aromatic N) is 1. The van der Waals surface area contributed by atoms with Crippen LogP contribution in [-0.2, 0) is 0 Å². The summed E-state index contributed by atoms with van der Waals surface area (Å²) in [6.45, 7) is 5.67. The van der Waals surface area contributed by atoms with Gasteiger partial charge in [0.25, 0.3) is 5.56 Å². The highest BCUT2D eigenvalue weighted by Crippen LogP contribution is 2.36. The predicted molar refractivity (Wildman–Crippen MR) is 103 cm³/mol. The van der Waals surface area contributed by atoms with Crippen molar-refractivity contribution < 1.29 is 9.90 Å². The molecular weight excluding hydrogens is 332 g/mol. The average Bonchev–Trinajstić information content (AvgIpc) is 2.56. The van der Waals surface area contributed by atoms with E-state index in [2.05, 4.69) is 27.6 Å². The molecule has 0 atom stereocenters. The van der Waals surface area contributed by atoms with E-state index < -0.39 is 0 Å². The van der Waals surface area contributed by atoms with Crippen molar-refractivity contribution in [3.05, 3.63) is 34.1 Å². The molecule has 1 aliphatic heterocycles. The van der Waals surface area contributed by atoms with Gasteiger partial charge in [0.2, 0.25) is 0 Å². The van der Waals surface area contributed by atoms with Crippen LogP contribution in [0.25, 0.3) is 10.8 Å². The van der Waals surface area contributed by atoms with Crippen LogP contribution in [0.4, 0.5) is 10.5 Å². The zero-order valence-corrected chi connectivity index (χ0v) is 15.4. The molecule has 26 heavy (non-hydrogen) atoms. The smallest absolute Gasteiger partial charge is 0.319 e. The van der Waals surface area contributed by atoms with Gasteiger partial charge < -0.3 is 20.6 Å². The molecule has 2 aromatic rings. The summed E-state index contributed by atoms with van der Waals surface area (Å²) in [6.07, 6.45) is 1.87. The van der Waals surface area contributed by atoms with E-state index in [1.807, 2.05) is 19.9 Å². The Kier molecular flexibility index (Phi) is 5.18. The quantitative estimate of drug-likeness (QED) is 0.678. The maximum Gasteiger partial charge on any atom is 0.319 e. The minimum atomic E-state index is -0.359. The molecule has 3 rings (SSSR count). The summed E-state index contributed by atoms with van der Waals surface area (Å²) in [5.41, 5.74) is 0.981. The Bertz CT molecular complexity index is 867. The lowest BCUT2D eigenvalue weighted by atomic mass is 9.87. The van der Waals surface area contributed by atoms with Gasteiger partial charge in [0.05, 0.1) is 0 Å². The monoisotopic (exact) mass is 358 g/mol. The first kappa shape index (κ1) is 18.3. The van der Waals surface area contributed by atoms with Crippen molar-refractivity contribution in [3.8, 4) is 5.88 Å². The fraction of sp³-hybridized carbons (Fsp3) is 0.474. The van der Waals surface area contributed by atoms with Crippen LogP contribution < -0.4 is 16.2 Å². The number of carbonyl (C=O) groups excluding carboxylic acids is 1. The number of hydrogen-bond acceptors (Lipinski definition) is 4. The molecule has 140 valence electrons. The van der Waals surface area contributed by atoms with E-state index in [1.54, 1.807) is 12.1 Å². The van der Waals surface area contributed by atoms with Crippen LogP contribution in [0, 0.1) is 0 Å². The number of amides is 2. The number of rotatable bonds is 3. The van der Waals surface area contributed by atoms with Crippen LogP contribution in [0.15, 0.2) is 23.0 Å². The van der Waals surface area contributed by atoms with E-state index >= 15 is 0 Å². The van der Waals surface area contributed by atoms with Gasteiger partial charge in [-0.2, -0.15) is 0 Å². The molecular formula is C19H26N4O3. The van der Waals surface area contributed by atoms with Gasteiger partial charge in [0, 0.05) is 22.7 Å². The Morgan fingerprint density at radius 1 is 1.27 bits per heavy atom. The highest BCUT2D eigenvalue weighted by Gasteiger charge is 2.24. The summed E-state index contributed by atoms with van der Waals surface area (Å²) >= 11 is 0. The predicted octanol–water partition coefficient (Wildman–Crippen LogP) is 2.57. The Morgan fingerprint density at radius 3 is 2.62 bits per heavy atom. The molecule has 0 spiro atoms. The SMILES string of the molecule is CC(C)NC(=O)Nc1ccc2c(C3CCN(C)CC3)c(O)[nH]c(=O)c2c1. The Balaban J connectivity index is 1.97. The normalized spacial score (nSPS) is 16.2. The second kappa shape index (κ2) is 7.37. The van der Waals surface area contributed by atoms with E-state index in [1.165, 1.54) is 0 Å². The maximum atomic E-state index is 12.4. The van der Waals surface area contributed by atoms with Crippen LogP contribution in [-0.4, -0.2) is 47.2 Å². The van der Waals surface area contributed by atoms with E-state index in [9.17, 15) is 14.7 Å². The second-order valence-corrected chi connectivity index (χ2v) is 7.31.